The second kappa shape index (κ2) is 5.61. The van der Waals surface area contributed by atoms with Gasteiger partial charge in [0.1, 0.15) is 6.04 Å². The first-order valence-electron chi connectivity index (χ1n) is 5.99. The molecule has 1 N–H and O–H groups in total. The summed E-state index contributed by atoms with van der Waals surface area (Å²) in [7, 11) is -2.10. The Kier molecular flexibility index (Phi) is 4.06. The van der Waals surface area contributed by atoms with Gasteiger partial charge in [-0.05, 0) is 17.7 Å². The van der Waals surface area contributed by atoms with Crippen LogP contribution in [0.2, 0.25) is 0 Å². The number of esters is 1. The summed E-state index contributed by atoms with van der Waals surface area (Å²) in [6.07, 6.45) is 0. The van der Waals surface area contributed by atoms with Gasteiger partial charge in [0.05, 0.1) is 30.2 Å². The number of nitriles is 1. The molecule has 0 aromatic heterocycles. The summed E-state index contributed by atoms with van der Waals surface area (Å²) in [5.41, 5.74) is 1.22. The van der Waals surface area contributed by atoms with Crippen LogP contribution >= 0.6 is 0 Å². The first-order valence-corrected chi connectivity index (χ1v) is 7.81. The predicted octanol–water partition coefficient (Wildman–Crippen LogP) is 0.159. The van der Waals surface area contributed by atoms with Gasteiger partial charge < -0.3 is 4.74 Å². The molecule has 1 saturated heterocycles. The Bertz CT molecular complexity index is 646. The molecule has 6 nitrogen and oxygen atoms in total. The quantitative estimate of drug-likeness (QED) is 0.780. The fourth-order valence-corrected chi connectivity index (χ4v) is 3.85. The number of hydrogen-bond donors (Lipinski definition) is 1. The lowest BCUT2D eigenvalue weighted by molar-refractivity contribution is -0.142. The molecule has 20 heavy (non-hydrogen) atoms. The van der Waals surface area contributed by atoms with Crippen LogP contribution < -0.4 is 5.32 Å². The lowest BCUT2D eigenvalue weighted by atomic mass is 10.1. The van der Waals surface area contributed by atoms with Crippen LogP contribution in [0, 0.1) is 11.3 Å². The monoisotopic (exact) mass is 294 g/mol. The normalized spacial score (nSPS) is 24.6. The number of ether oxygens (including phenoxy) is 1. The van der Waals surface area contributed by atoms with E-state index in [9.17, 15) is 13.2 Å². The minimum absolute atomic E-state index is 0.0770. The summed E-state index contributed by atoms with van der Waals surface area (Å²) in [6, 6.07) is 7.26. The molecule has 1 aromatic rings. The van der Waals surface area contributed by atoms with Gasteiger partial charge in [-0.15, -0.1) is 0 Å². The van der Waals surface area contributed by atoms with Crippen LogP contribution in [0.1, 0.15) is 17.2 Å². The second-order valence-electron chi connectivity index (χ2n) is 4.61. The number of carbonyl (C=O) groups excluding carboxylic acids is 1. The van der Waals surface area contributed by atoms with E-state index < -0.39 is 27.9 Å². The van der Waals surface area contributed by atoms with Crippen molar-refractivity contribution in [3.63, 3.8) is 0 Å². The molecule has 1 heterocycles. The Morgan fingerprint density at radius 1 is 1.35 bits per heavy atom. The number of hydrogen-bond acceptors (Lipinski definition) is 6. The summed E-state index contributed by atoms with van der Waals surface area (Å²) in [5.74, 6) is -0.925. The molecule has 2 rings (SSSR count). The maximum absolute atomic E-state index is 11.9. The predicted molar refractivity (Wildman–Crippen MR) is 71.5 cm³/mol. The highest BCUT2D eigenvalue weighted by molar-refractivity contribution is 7.91. The maximum atomic E-state index is 11.9. The molecule has 2 atom stereocenters. The van der Waals surface area contributed by atoms with Crippen molar-refractivity contribution in [3.8, 4) is 6.07 Å². The van der Waals surface area contributed by atoms with Crippen LogP contribution in [0.5, 0.6) is 0 Å². The maximum Gasteiger partial charge on any atom is 0.323 e. The number of methoxy groups -OCH3 is 1. The van der Waals surface area contributed by atoms with Crippen LogP contribution in [0.4, 0.5) is 0 Å². The number of carbonyl (C=O) groups is 1. The van der Waals surface area contributed by atoms with Crippen LogP contribution in [0.3, 0.4) is 0 Å². The minimum atomic E-state index is -3.33. The fraction of sp³-hybridized carbons (Fsp3) is 0.385. The number of nitrogens with one attached hydrogen (secondary N) is 1. The molecule has 0 saturated carbocycles. The third-order valence-corrected chi connectivity index (χ3v) is 4.85. The number of sulfone groups is 1. The Morgan fingerprint density at radius 3 is 2.55 bits per heavy atom. The van der Waals surface area contributed by atoms with Gasteiger partial charge in [-0.3, -0.25) is 10.1 Å². The van der Waals surface area contributed by atoms with Gasteiger partial charge in [-0.2, -0.15) is 5.26 Å². The highest BCUT2D eigenvalue weighted by atomic mass is 32.2. The summed E-state index contributed by atoms with van der Waals surface area (Å²) < 4.78 is 28.4. The van der Waals surface area contributed by atoms with Crippen molar-refractivity contribution < 1.29 is 17.9 Å². The topological polar surface area (TPSA) is 96.3 Å². The van der Waals surface area contributed by atoms with E-state index in [4.69, 9.17) is 5.26 Å². The molecule has 106 valence electrons. The molecular weight excluding hydrogens is 280 g/mol. The van der Waals surface area contributed by atoms with E-state index in [2.05, 4.69) is 10.1 Å². The van der Waals surface area contributed by atoms with Gasteiger partial charge in [0.15, 0.2) is 9.84 Å². The van der Waals surface area contributed by atoms with Crippen molar-refractivity contribution in [2.75, 3.05) is 18.6 Å². The highest BCUT2D eigenvalue weighted by Gasteiger charge is 2.36. The van der Waals surface area contributed by atoms with E-state index in [0.29, 0.717) is 5.56 Å². The van der Waals surface area contributed by atoms with Crippen molar-refractivity contribution in [3.05, 3.63) is 35.4 Å². The first kappa shape index (κ1) is 14.5. The molecular formula is C13H14N2O4S. The van der Waals surface area contributed by atoms with Crippen molar-refractivity contribution in [1.29, 1.82) is 5.26 Å². The van der Waals surface area contributed by atoms with E-state index in [-0.39, 0.29) is 11.5 Å². The van der Waals surface area contributed by atoms with Crippen LogP contribution in [-0.4, -0.2) is 39.0 Å². The van der Waals surface area contributed by atoms with Crippen LogP contribution in [0.25, 0.3) is 0 Å². The van der Waals surface area contributed by atoms with Crippen molar-refractivity contribution >= 4 is 15.8 Å². The Labute approximate surface area is 117 Å². The minimum Gasteiger partial charge on any atom is -0.468 e. The lowest BCUT2D eigenvalue weighted by Gasteiger charge is -2.29. The Hall–Kier alpha value is -1.91. The molecule has 0 aliphatic carbocycles. The van der Waals surface area contributed by atoms with Crippen LogP contribution in [0.15, 0.2) is 24.3 Å². The zero-order chi connectivity index (χ0) is 14.8. The van der Waals surface area contributed by atoms with Gasteiger partial charge in [-0.1, -0.05) is 12.1 Å². The van der Waals surface area contributed by atoms with Crippen molar-refractivity contribution in [1.82, 2.24) is 5.32 Å². The highest BCUT2D eigenvalue weighted by Crippen LogP contribution is 2.22. The van der Waals surface area contributed by atoms with Crippen LogP contribution in [-0.2, 0) is 19.4 Å². The third kappa shape index (κ3) is 3.15. The molecule has 0 radical (unpaired) electrons. The zero-order valence-corrected chi connectivity index (χ0v) is 11.7. The van der Waals surface area contributed by atoms with E-state index >= 15 is 0 Å². The van der Waals surface area contributed by atoms with E-state index in [1.807, 2.05) is 6.07 Å². The number of benzene rings is 1. The summed E-state index contributed by atoms with van der Waals surface area (Å²) in [5, 5.41) is 11.7. The Morgan fingerprint density at radius 2 is 2.00 bits per heavy atom. The molecule has 2 unspecified atom stereocenters. The molecule has 0 amide bonds. The standard InChI is InChI=1S/C13H14N2O4S/c1-19-13(16)12-8-20(17,18)7-11(15-12)10-4-2-9(6-14)3-5-10/h2-5,11-12,15H,7-8H2,1H3. The third-order valence-electron chi connectivity index (χ3n) is 3.17. The molecule has 1 aliphatic heterocycles. The van der Waals surface area contributed by atoms with Gasteiger partial charge in [-0.25, -0.2) is 8.42 Å². The average Bonchev–Trinajstić information content (AvgIpc) is 2.44. The van der Waals surface area contributed by atoms with Gasteiger partial charge in [0.2, 0.25) is 0 Å². The van der Waals surface area contributed by atoms with Gasteiger partial charge >= 0.3 is 5.97 Å². The number of rotatable bonds is 2. The Balaban J connectivity index is 2.26. The van der Waals surface area contributed by atoms with E-state index in [0.717, 1.165) is 5.56 Å². The first-order chi connectivity index (χ1) is 9.45. The molecule has 1 aliphatic rings. The molecule has 1 fully saturated rings. The lowest BCUT2D eigenvalue weighted by Crippen LogP contribution is -2.51. The molecule has 0 spiro atoms. The zero-order valence-electron chi connectivity index (χ0n) is 10.9. The largest absolute Gasteiger partial charge is 0.468 e. The van der Waals surface area contributed by atoms with E-state index in [1.54, 1.807) is 24.3 Å². The fourth-order valence-electron chi connectivity index (χ4n) is 2.18. The number of nitrogens with zero attached hydrogens (tertiary/aromatic N) is 1. The summed E-state index contributed by atoms with van der Waals surface area (Å²) in [6.45, 7) is 0. The van der Waals surface area contributed by atoms with Crippen molar-refractivity contribution in [2.24, 2.45) is 0 Å². The average molecular weight is 294 g/mol. The smallest absolute Gasteiger partial charge is 0.323 e. The molecule has 0 bridgehead atoms. The van der Waals surface area contributed by atoms with E-state index in [1.165, 1.54) is 7.11 Å². The van der Waals surface area contributed by atoms with Gasteiger partial charge in [0.25, 0.3) is 0 Å². The summed E-state index contributed by atoms with van der Waals surface area (Å²) >= 11 is 0. The SMILES string of the molecule is COC(=O)C1CS(=O)(=O)CC(c2ccc(C#N)cc2)N1. The molecule has 7 heteroatoms. The second-order valence-corrected chi connectivity index (χ2v) is 6.76. The van der Waals surface area contributed by atoms with Gasteiger partial charge in [0, 0.05) is 6.04 Å². The summed E-state index contributed by atoms with van der Waals surface area (Å²) in [4.78, 5) is 11.5. The van der Waals surface area contributed by atoms with Crippen molar-refractivity contribution in [2.45, 2.75) is 12.1 Å². The molecule has 1 aromatic carbocycles.